The van der Waals surface area contributed by atoms with Crippen LogP contribution in [0, 0.1) is 0 Å². The van der Waals surface area contributed by atoms with Crippen molar-refractivity contribution in [3.63, 3.8) is 0 Å². The predicted octanol–water partition coefficient (Wildman–Crippen LogP) is 2.24. The Kier molecular flexibility index (Phi) is 7.29. The van der Waals surface area contributed by atoms with Crippen LogP contribution in [0.15, 0.2) is 29.1 Å². The number of nitrogens with zero attached hydrogens (tertiary/aromatic N) is 3. The van der Waals surface area contributed by atoms with Gasteiger partial charge in [0.2, 0.25) is 5.91 Å². The molecule has 1 fully saturated rings. The number of halogens is 1. The molecule has 0 atom stereocenters. The number of fused-ring (bicyclic) bond motifs is 1. The lowest BCUT2D eigenvalue weighted by atomic mass is 10.1. The van der Waals surface area contributed by atoms with E-state index >= 15 is 0 Å². The monoisotopic (exact) mass is 380 g/mol. The standard InChI is InChI=1S/C19H28N4O2.ClH/c1-3-11-22-16-6-4-5-7-17(16)23(19(22)25)14-10-18(24)21-12-8-15(20-2)9-13-21;/h4-7,15,20H,3,8-14H2,1-2H3;1H. The van der Waals surface area contributed by atoms with Gasteiger partial charge in [0, 0.05) is 38.6 Å². The normalized spacial score (nSPS) is 15.2. The number of hydrogen-bond donors (Lipinski definition) is 1. The number of imidazole rings is 1. The fraction of sp³-hybridized carbons (Fsp3) is 0.579. The summed E-state index contributed by atoms with van der Waals surface area (Å²) in [5, 5.41) is 3.28. The zero-order valence-electron chi connectivity index (χ0n) is 15.6. The minimum atomic E-state index is -0.00950. The first-order chi connectivity index (χ1) is 12.2. The molecule has 1 aliphatic heterocycles. The molecule has 1 aliphatic rings. The van der Waals surface area contributed by atoms with Gasteiger partial charge in [-0.15, -0.1) is 12.4 Å². The van der Waals surface area contributed by atoms with Crippen molar-refractivity contribution in [3.8, 4) is 0 Å². The van der Waals surface area contributed by atoms with Crippen LogP contribution in [0.25, 0.3) is 11.0 Å². The van der Waals surface area contributed by atoms with Gasteiger partial charge in [-0.2, -0.15) is 0 Å². The maximum absolute atomic E-state index is 12.7. The van der Waals surface area contributed by atoms with E-state index in [-0.39, 0.29) is 24.0 Å². The van der Waals surface area contributed by atoms with Gasteiger partial charge in [-0.3, -0.25) is 13.9 Å². The van der Waals surface area contributed by atoms with Gasteiger partial charge < -0.3 is 10.2 Å². The van der Waals surface area contributed by atoms with Crippen molar-refractivity contribution in [2.24, 2.45) is 0 Å². The Bertz CT molecular complexity index is 790. The van der Waals surface area contributed by atoms with Crippen LogP contribution in [0.5, 0.6) is 0 Å². The molecule has 1 amide bonds. The van der Waals surface area contributed by atoms with Gasteiger partial charge in [-0.1, -0.05) is 19.1 Å². The number of amides is 1. The number of aromatic nitrogens is 2. The van der Waals surface area contributed by atoms with Gasteiger partial charge in [-0.05, 0) is 38.4 Å². The highest BCUT2D eigenvalue weighted by Crippen LogP contribution is 2.15. The molecule has 1 N–H and O–H groups in total. The van der Waals surface area contributed by atoms with E-state index in [2.05, 4.69) is 12.2 Å². The molecule has 2 aromatic rings. The minimum Gasteiger partial charge on any atom is -0.343 e. The van der Waals surface area contributed by atoms with Gasteiger partial charge in [0.1, 0.15) is 0 Å². The third-order valence-electron chi connectivity index (χ3n) is 5.18. The summed E-state index contributed by atoms with van der Waals surface area (Å²) in [4.78, 5) is 27.2. The van der Waals surface area contributed by atoms with Crippen LogP contribution in [0.4, 0.5) is 0 Å². The average Bonchev–Trinajstić information content (AvgIpc) is 2.92. The van der Waals surface area contributed by atoms with Crippen LogP contribution in [-0.4, -0.2) is 46.1 Å². The van der Waals surface area contributed by atoms with E-state index in [1.54, 1.807) is 4.57 Å². The molecule has 0 aliphatic carbocycles. The van der Waals surface area contributed by atoms with Crippen molar-refractivity contribution in [1.82, 2.24) is 19.4 Å². The van der Waals surface area contributed by atoms with Gasteiger partial charge >= 0.3 is 5.69 Å². The highest BCUT2D eigenvalue weighted by atomic mass is 35.5. The van der Waals surface area contributed by atoms with Crippen molar-refractivity contribution in [2.45, 2.75) is 51.7 Å². The van der Waals surface area contributed by atoms with Crippen molar-refractivity contribution in [3.05, 3.63) is 34.7 Å². The largest absolute Gasteiger partial charge is 0.343 e. The van der Waals surface area contributed by atoms with Crippen molar-refractivity contribution in [1.29, 1.82) is 0 Å². The topological polar surface area (TPSA) is 59.3 Å². The first kappa shape index (κ1) is 20.5. The van der Waals surface area contributed by atoms with E-state index in [9.17, 15) is 9.59 Å². The molecule has 1 aromatic heterocycles. The Balaban J connectivity index is 0.00000243. The summed E-state index contributed by atoms with van der Waals surface area (Å²) in [5.41, 5.74) is 1.86. The number of likely N-dealkylation sites (tertiary alicyclic amines) is 1. The molecular formula is C19H29ClN4O2. The van der Waals surface area contributed by atoms with Gasteiger partial charge in [0.05, 0.1) is 11.0 Å². The van der Waals surface area contributed by atoms with Gasteiger partial charge in [0.25, 0.3) is 0 Å². The second kappa shape index (κ2) is 9.24. The molecule has 1 aromatic carbocycles. The first-order valence-corrected chi connectivity index (χ1v) is 9.28. The molecule has 0 bridgehead atoms. The molecule has 2 heterocycles. The smallest absolute Gasteiger partial charge is 0.329 e. The first-order valence-electron chi connectivity index (χ1n) is 9.28. The molecular weight excluding hydrogens is 352 g/mol. The highest BCUT2D eigenvalue weighted by Gasteiger charge is 2.22. The molecule has 0 unspecified atom stereocenters. The van der Waals surface area contributed by atoms with Gasteiger partial charge in [0.15, 0.2) is 0 Å². The van der Waals surface area contributed by atoms with E-state index in [1.165, 1.54) is 0 Å². The Morgan fingerprint density at radius 3 is 2.23 bits per heavy atom. The predicted molar refractivity (Wildman–Crippen MR) is 107 cm³/mol. The summed E-state index contributed by atoms with van der Waals surface area (Å²) < 4.78 is 3.57. The maximum atomic E-state index is 12.7. The van der Waals surface area contributed by atoms with Crippen molar-refractivity contribution < 1.29 is 4.79 Å². The third kappa shape index (κ3) is 4.13. The molecule has 6 nitrogen and oxygen atoms in total. The number of nitrogens with one attached hydrogen (secondary N) is 1. The third-order valence-corrected chi connectivity index (χ3v) is 5.18. The van der Waals surface area contributed by atoms with Crippen LogP contribution < -0.4 is 11.0 Å². The number of aryl methyl sites for hydroxylation is 2. The van der Waals surface area contributed by atoms with E-state index < -0.39 is 0 Å². The average molecular weight is 381 g/mol. The lowest BCUT2D eigenvalue weighted by molar-refractivity contribution is -0.132. The number of benzene rings is 1. The molecule has 144 valence electrons. The summed E-state index contributed by atoms with van der Waals surface area (Å²) in [6.45, 7) is 4.82. The zero-order chi connectivity index (χ0) is 17.8. The Hall–Kier alpha value is -1.79. The number of para-hydroxylation sites is 2. The van der Waals surface area contributed by atoms with Crippen LogP contribution >= 0.6 is 12.4 Å². The summed E-state index contributed by atoms with van der Waals surface area (Å²) in [6, 6.07) is 8.35. The lowest BCUT2D eigenvalue weighted by Crippen LogP contribution is -2.44. The van der Waals surface area contributed by atoms with E-state index in [0.717, 1.165) is 43.4 Å². The molecule has 1 saturated heterocycles. The van der Waals surface area contributed by atoms with Crippen LogP contribution in [0.2, 0.25) is 0 Å². The number of hydrogen-bond acceptors (Lipinski definition) is 3. The highest BCUT2D eigenvalue weighted by molar-refractivity contribution is 5.85. The summed E-state index contributed by atoms with van der Waals surface area (Å²) in [7, 11) is 1.97. The van der Waals surface area contributed by atoms with Crippen molar-refractivity contribution in [2.75, 3.05) is 20.1 Å². The number of piperidine rings is 1. The minimum absolute atomic E-state index is 0. The molecule has 0 radical (unpaired) electrons. The lowest BCUT2D eigenvalue weighted by Gasteiger charge is -2.31. The SMILES string of the molecule is CCCn1c(=O)n(CCC(=O)N2CCC(NC)CC2)c2ccccc21.Cl. The summed E-state index contributed by atoms with van der Waals surface area (Å²) >= 11 is 0. The summed E-state index contributed by atoms with van der Waals surface area (Å²) in [5.74, 6) is 0.147. The molecule has 26 heavy (non-hydrogen) atoms. The Labute approximate surface area is 160 Å². The molecule has 3 rings (SSSR count). The maximum Gasteiger partial charge on any atom is 0.329 e. The fourth-order valence-corrected chi connectivity index (χ4v) is 3.71. The van der Waals surface area contributed by atoms with Crippen LogP contribution in [-0.2, 0) is 17.9 Å². The van der Waals surface area contributed by atoms with E-state index in [0.29, 0.717) is 25.6 Å². The Morgan fingerprint density at radius 2 is 1.69 bits per heavy atom. The second-order valence-electron chi connectivity index (χ2n) is 6.77. The Morgan fingerprint density at radius 1 is 1.12 bits per heavy atom. The van der Waals surface area contributed by atoms with Gasteiger partial charge in [-0.25, -0.2) is 4.79 Å². The molecule has 0 saturated carbocycles. The summed E-state index contributed by atoms with van der Waals surface area (Å²) in [6.07, 6.45) is 3.29. The molecule has 7 heteroatoms. The van der Waals surface area contributed by atoms with E-state index in [4.69, 9.17) is 0 Å². The fourth-order valence-electron chi connectivity index (χ4n) is 3.71. The number of carbonyl (C=O) groups is 1. The van der Waals surface area contributed by atoms with E-state index in [1.807, 2.05) is 40.8 Å². The number of rotatable bonds is 6. The number of carbonyl (C=O) groups excluding carboxylic acids is 1. The van der Waals surface area contributed by atoms with Crippen LogP contribution in [0.1, 0.15) is 32.6 Å². The quantitative estimate of drug-likeness (QED) is 0.836. The van der Waals surface area contributed by atoms with Crippen LogP contribution in [0.3, 0.4) is 0 Å². The zero-order valence-corrected chi connectivity index (χ0v) is 16.4. The molecule has 0 spiro atoms. The van der Waals surface area contributed by atoms with Crippen molar-refractivity contribution >= 4 is 29.3 Å². The second-order valence-corrected chi connectivity index (χ2v) is 6.77.